The molecule has 32 heavy (non-hydrogen) atoms. The molecule has 176 valence electrons. The number of hydrogen-bond donors (Lipinski definition) is 5. The van der Waals surface area contributed by atoms with Crippen LogP contribution in [-0.2, 0) is 0 Å². The summed E-state index contributed by atoms with van der Waals surface area (Å²) in [5.41, 5.74) is 25.7. The maximum absolute atomic E-state index is 6.21. The first-order chi connectivity index (χ1) is 14.9. The summed E-state index contributed by atoms with van der Waals surface area (Å²) in [6.07, 6.45) is 3.62. The summed E-state index contributed by atoms with van der Waals surface area (Å²) in [7, 11) is 0. The third kappa shape index (κ3) is 6.12. The van der Waals surface area contributed by atoms with Crippen molar-refractivity contribution in [2.75, 3.05) is 47.6 Å². The summed E-state index contributed by atoms with van der Waals surface area (Å²) >= 11 is 1.68. The predicted octanol–water partition coefficient (Wildman–Crippen LogP) is 0.488. The summed E-state index contributed by atoms with van der Waals surface area (Å²) in [4.78, 5) is 19.4. The molecule has 4 atom stereocenters. The van der Waals surface area contributed by atoms with E-state index < -0.39 is 0 Å². The number of anilines is 4. The number of nitrogens with zero attached hydrogens (tertiary/aromatic N) is 5. The molecule has 0 aliphatic carbocycles. The summed E-state index contributed by atoms with van der Waals surface area (Å²) < 4.78 is 0. The number of rotatable bonds is 5. The van der Waals surface area contributed by atoms with Crippen molar-refractivity contribution in [3.8, 4) is 0 Å². The van der Waals surface area contributed by atoms with Crippen molar-refractivity contribution in [1.29, 1.82) is 0 Å². The Morgan fingerprint density at radius 2 is 1.34 bits per heavy atom. The first-order valence-corrected chi connectivity index (χ1v) is 11.8. The monoisotopic (exact) mass is 480 g/mol. The molecule has 0 bridgehead atoms. The lowest BCUT2D eigenvalue weighted by Gasteiger charge is -2.37. The topological polar surface area (TPSA) is 161 Å². The Kier molecular flexibility index (Phi) is 8.37. The molecule has 4 rings (SSSR count). The smallest absolute Gasteiger partial charge is 0.233 e. The van der Waals surface area contributed by atoms with E-state index >= 15 is 0 Å². The molecule has 0 amide bonds. The van der Waals surface area contributed by atoms with Crippen molar-refractivity contribution in [2.45, 2.75) is 41.9 Å². The SMILES string of the molecule is CSc1cccc(Nc2nc(N3C[C@H](N)C[C@H](N)C3)nc(N3C[C@H](N)C[C@H](N)C3)n2)c1.Cl. The molecule has 3 heterocycles. The van der Waals surface area contributed by atoms with Crippen LogP contribution in [0, 0.1) is 0 Å². The van der Waals surface area contributed by atoms with Crippen molar-refractivity contribution < 1.29 is 0 Å². The van der Waals surface area contributed by atoms with Crippen molar-refractivity contribution in [1.82, 2.24) is 15.0 Å². The number of thioether (sulfide) groups is 1. The van der Waals surface area contributed by atoms with Crippen molar-refractivity contribution in [2.24, 2.45) is 22.9 Å². The van der Waals surface area contributed by atoms with E-state index in [0.29, 0.717) is 44.0 Å². The maximum atomic E-state index is 6.21. The molecule has 0 unspecified atom stereocenters. The van der Waals surface area contributed by atoms with Gasteiger partial charge in [0.2, 0.25) is 17.8 Å². The van der Waals surface area contributed by atoms with Crippen LogP contribution in [0.4, 0.5) is 23.5 Å². The molecule has 2 fully saturated rings. The number of nitrogens with one attached hydrogen (secondary N) is 1. The zero-order valence-corrected chi connectivity index (χ0v) is 19.9. The lowest BCUT2D eigenvalue weighted by Crippen LogP contribution is -2.54. The van der Waals surface area contributed by atoms with Crippen LogP contribution in [0.25, 0.3) is 0 Å². The lowest BCUT2D eigenvalue weighted by molar-refractivity contribution is 0.441. The Balaban J connectivity index is 0.00000289. The highest BCUT2D eigenvalue weighted by Crippen LogP contribution is 2.25. The van der Waals surface area contributed by atoms with Crippen LogP contribution in [0.15, 0.2) is 29.2 Å². The number of hydrogen-bond acceptors (Lipinski definition) is 11. The molecule has 0 saturated carbocycles. The molecule has 10 nitrogen and oxygen atoms in total. The Hall–Kier alpha value is -1.89. The molecule has 2 aliphatic rings. The Bertz CT molecular complexity index is 838. The molecule has 0 spiro atoms. The first kappa shape index (κ1) is 24.7. The predicted molar refractivity (Wildman–Crippen MR) is 134 cm³/mol. The van der Waals surface area contributed by atoms with Gasteiger partial charge >= 0.3 is 0 Å². The molecular weight excluding hydrogens is 448 g/mol. The fourth-order valence-electron chi connectivity index (χ4n) is 4.21. The zero-order valence-electron chi connectivity index (χ0n) is 18.2. The molecule has 2 aromatic rings. The van der Waals surface area contributed by atoms with Gasteiger partial charge in [0, 0.05) is 60.9 Å². The lowest BCUT2D eigenvalue weighted by atomic mass is 10.0. The molecule has 1 aromatic heterocycles. The van der Waals surface area contributed by atoms with Gasteiger partial charge in [0.1, 0.15) is 0 Å². The minimum atomic E-state index is -0.0181. The van der Waals surface area contributed by atoms with Crippen LogP contribution in [0.3, 0.4) is 0 Å². The fraction of sp³-hybridized carbons (Fsp3) is 0.550. The number of halogens is 1. The maximum Gasteiger partial charge on any atom is 0.233 e. The Morgan fingerprint density at radius 1 is 0.844 bits per heavy atom. The molecule has 1 aromatic carbocycles. The van der Waals surface area contributed by atoms with E-state index in [1.165, 1.54) is 0 Å². The minimum Gasteiger partial charge on any atom is -0.338 e. The highest BCUT2D eigenvalue weighted by Gasteiger charge is 2.28. The summed E-state index contributed by atoms with van der Waals surface area (Å²) in [6.45, 7) is 2.60. The summed E-state index contributed by atoms with van der Waals surface area (Å²) in [6, 6.07) is 8.04. The average Bonchev–Trinajstić information content (AvgIpc) is 2.72. The van der Waals surface area contributed by atoms with Gasteiger partial charge in [-0.05, 0) is 37.3 Å². The number of benzene rings is 1. The molecular formula is C20H33ClN10S. The fourth-order valence-corrected chi connectivity index (χ4v) is 4.67. The molecule has 9 N–H and O–H groups in total. The van der Waals surface area contributed by atoms with E-state index in [0.717, 1.165) is 23.4 Å². The molecule has 12 heteroatoms. The van der Waals surface area contributed by atoms with Crippen LogP contribution in [-0.4, -0.2) is 71.6 Å². The second-order valence-electron chi connectivity index (χ2n) is 8.44. The standard InChI is InChI=1S/C20H32N10S.ClH/c1-31-17-4-2-3-16(7-17)25-18-26-19(29-8-12(21)5-13(22)9-29)28-20(27-18)30-10-14(23)6-15(24)11-30;/h2-4,7,12-15H,5-6,8-11,21-24H2,1H3,(H,25,26,27,28);1H/t12-,13+,14-,15+;. The largest absolute Gasteiger partial charge is 0.338 e. The Labute approximate surface area is 199 Å². The van der Waals surface area contributed by atoms with E-state index in [1.54, 1.807) is 11.8 Å². The van der Waals surface area contributed by atoms with Crippen LogP contribution >= 0.6 is 24.2 Å². The van der Waals surface area contributed by atoms with Gasteiger partial charge in [0.25, 0.3) is 0 Å². The van der Waals surface area contributed by atoms with Gasteiger partial charge in [-0.1, -0.05) is 6.07 Å². The van der Waals surface area contributed by atoms with E-state index in [1.807, 2.05) is 28.2 Å². The van der Waals surface area contributed by atoms with Gasteiger partial charge in [0.05, 0.1) is 0 Å². The van der Waals surface area contributed by atoms with Crippen LogP contribution < -0.4 is 38.1 Å². The van der Waals surface area contributed by atoms with Gasteiger partial charge < -0.3 is 38.1 Å². The Morgan fingerprint density at radius 3 is 1.81 bits per heavy atom. The molecule has 0 radical (unpaired) electrons. The molecule has 2 saturated heterocycles. The van der Waals surface area contributed by atoms with Crippen molar-refractivity contribution in [3.05, 3.63) is 24.3 Å². The highest BCUT2D eigenvalue weighted by atomic mass is 35.5. The number of piperidine rings is 2. The van der Waals surface area contributed by atoms with Gasteiger partial charge in [-0.25, -0.2) is 0 Å². The third-order valence-corrected chi connectivity index (χ3v) is 6.26. The number of nitrogens with two attached hydrogens (primary N) is 4. The van der Waals surface area contributed by atoms with Gasteiger partial charge in [-0.3, -0.25) is 0 Å². The summed E-state index contributed by atoms with van der Waals surface area (Å²) in [5.74, 6) is 1.59. The quantitative estimate of drug-likeness (QED) is 0.378. The normalized spacial score (nSPS) is 25.9. The average molecular weight is 481 g/mol. The van der Waals surface area contributed by atoms with Crippen LogP contribution in [0.2, 0.25) is 0 Å². The second-order valence-corrected chi connectivity index (χ2v) is 9.32. The van der Waals surface area contributed by atoms with E-state index in [-0.39, 0.29) is 36.6 Å². The minimum absolute atomic E-state index is 0. The van der Waals surface area contributed by atoms with Crippen molar-refractivity contribution in [3.63, 3.8) is 0 Å². The summed E-state index contributed by atoms with van der Waals surface area (Å²) in [5, 5.41) is 3.33. The second kappa shape index (κ2) is 10.8. The van der Waals surface area contributed by atoms with Gasteiger partial charge in [-0.2, -0.15) is 15.0 Å². The van der Waals surface area contributed by atoms with Gasteiger partial charge in [0.15, 0.2) is 0 Å². The number of aromatic nitrogens is 3. The zero-order chi connectivity index (χ0) is 22.0. The first-order valence-electron chi connectivity index (χ1n) is 10.6. The van der Waals surface area contributed by atoms with Crippen molar-refractivity contribution >= 4 is 47.7 Å². The van der Waals surface area contributed by atoms with Crippen LogP contribution in [0.1, 0.15) is 12.8 Å². The van der Waals surface area contributed by atoms with E-state index in [4.69, 9.17) is 37.9 Å². The van der Waals surface area contributed by atoms with Gasteiger partial charge in [-0.15, -0.1) is 24.2 Å². The molecule has 2 aliphatic heterocycles. The van der Waals surface area contributed by atoms with Crippen LogP contribution in [0.5, 0.6) is 0 Å². The third-order valence-electron chi connectivity index (χ3n) is 5.53. The van der Waals surface area contributed by atoms with E-state index in [2.05, 4.69) is 17.4 Å². The highest BCUT2D eigenvalue weighted by molar-refractivity contribution is 7.98. The van der Waals surface area contributed by atoms with E-state index in [9.17, 15) is 0 Å².